The van der Waals surface area contributed by atoms with Crippen molar-refractivity contribution < 1.29 is 9.53 Å². The Morgan fingerprint density at radius 2 is 1.79 bits per heavy atom. The SMILES string of the molecule is CN=C(NCc1ccc(N2CCCC2=O)cc1)NCc1ccc(OC)c(C)c1. The Morgan fingerprint density at radius 1 is 1.11 bits per heavy atom. The number of methoxy groups -OCH3 is 1. The van der Waals surface area contributed by atoms with E-state index in [1.807, 2.05) is 48.2 Å². The third kappa shape index (κ3) is 4.82. The molecule has 0 aliphatic carbocycles. The van der Waals surface area contributed by atoms with Crippen LogP contribution in [0.1, 0.15) is 29.5 Å². The van der Waals surface area contributed by atoms with Crippen LogP contribution in [-0.4, -0.2) is 32.6 Å². The molecule has 0 atom stereocenters. The van der Waals surface area contributed by atoms with E-state index in [-0.39, 0.29) is 5.91 Å². The smallest absolute Gasteiger partial charge is 0.227 e. The normalized spacial score (nSPS) is 14.3. The number of benzene rings is 2. The summed E-state index contributed by atoms with van der Waals surface area (Å²) in [5.41, 5.74) is 4.39. The van der Waals surface area contributed by atoms with Crippen LogP contribution >= 0.6 is 0 Å². The van der Waals surface area contributed by atoms with Gasteiger partial charge in [0.05, 0.1) is 7.11 Å². The van der Waals surface area contributed by atoms with Gasteiger partial charge in [-0.3, -0.25) is 9.79 Å². The molecule has 148 valence electrons. The molecule has 0 aromatic heterocycles. The second-order valence-corrected chi connectivity index (χ2v) is 6.90. The van der Waals surface area contributed by atoms with Crippen LogP contribution in [0.5, 0.6) is 5.75 Å². The fourth-order valence-electron chi connectivity index (χ4n) is 3.36. The van der Waals surface area contributed by atoms with E-state index in [1.165, 1.54) is 5.56 Å². The van der Waals surface area contributed by atoms with Crippen LogP contribution < -0.4 is 20.3 Å². The average molecular weight is 380 g/mol. The molecule has 1 aliphatic rings. The van der Waals surface area contributed by atoms with Gasteiger partial charge in [-0.1, -0.05) is 24.3 Å². The van der Waals surface area contributed by atoms with Gasteiger partial charge >= 0.3 is 0 Å². The van der Waals surface area contributed by atoms with E-state index < -0.39 is 0 Å². The van der Waals surface area contributed by atoms with Crippen molar-refractivity contribution in [3.63, 3.8) is 0 Å². The van der Waals surface area contributed by atoms with Crippen LogP contribution in [-0.2, 0) is 17.9 Å². The number of nitrogens with one attached hydrogen (secondary N) is 2. The van der Waals surface area contributed by atoms with Crippen LogP contribution in [0.2, 0.25) is 0 Å². The Kier molecular flexibility index (Phi) is 6.53. The predicted octanol–water partition coefficient (Wildman–Crippen LogP) is 3.00. The number of nitrogens with zero attached hydrogens (tertiary/aromatic N) is 2. The zero-order chi connectivity index (χ0) is 19.9. The number of aliphatic imine (C=N–C) groups is 1. The first-order valence-corrected chi connectivity index (χ1v) is 9.58. The minimum atomic E-state index is 0.212. The van der Waals surface area contributed by atoms with Gasteiger partial charge in [-0.05, 0) is 48.2 Å². The topological polar surface area (TPSA) is 66.0 Å². The number of ether oxygens (including phenoxy) is 1. The van der Waals surface area contributed by atoms with E-state index in [9.17, 15) is 4.79 Å². The second kappa shape index (κ2) is 9.26. The van der Waals surface area contributed by atoms with Crippen LogP contribution in [0.3, 0.4) is 0 Å². The minimum absolute atomic E-state index is 0.212. The Bertz CT molecular complexity index is 846. The van der Waals surface area contributed by atoms with Crippen molar-refractivity contribution >= 4 is 17.6 Å². The number of anilines is 1. The number of guanidine groups is 1. The van der Waals surface area contributed by atoms with E-state index in [0.717, 1.165) is 41.5 Å². The number of rotatable bonds is 6. The second-order valence-electron chi connectivity index (χ2n) is 6.90. The van der Waals surface area contributed by atoms with Crippen LogP contribution in [0.25, 0.3) is 0 Å². The lowest BCUT2D eigenvalue weighted by atomic mass is 10.1. The van der Waals surface area contributed by atoms with Crippen LogP contribution in [0.15, 0.2) is 47.5 Å². The number of carbonyl (C=O) groups is 1. The van der Waals surface area contributed by atoms with Crippen molar-refractivity contribution in [2.75, 3.05) is 25.6 Å². The first-order valence-electron chi connectivity index (χ1n) is 9.58. The van der Waals surface area contributed by atoms with E-state index in [0.29, 0.717) is 19.5 Å². The van der Waals surface area contributed by atoms with Gasteiger partial charge in [0, 0.05) is 38.8 Å². The molecular formula is C22H28N4O2. The molecule has 3 rings (SSSR count). The average Bonchev–Trinajstić information content (AvgIpc) is 3.14. The molecule has 0 unspecified atom stereocenters. The van der Waals surface area contributed by atoms with Crippen molar-refractivity contribution in [3.05, 3.63) is 59.2 Å². The van der Waals surface area contributed by atoms with Crippen molar-refractivity contribution in [1.82, 2.24) is 10.6 Å². The van der Waals surface area contributed by atoms with Crippen molar-refractivity contribution in [2.24, 2.45) is 4.99 Å². The van der Waals surface area contributed by atoms with Gasteiger partial charge in [0.1, 0.15) is 5.75 Å². The predicted molar refractivity (Wildman–Crippen MR) is 113 cm³/mol. The van der Waals surface area contributed by atoms with Crippen molar-refractivity contribution in [2.45, 2.75) is 32.9 Å². The molecule has 6 heteroatoms. The van der Waals surface area contributed by atoms with Crippen molar-refractivity contribution in [3.8, 4) is 5.75 Å². The molecule has 0 radical (unpaired) electrons. The number of aryl methyl sites for hydroxylation is 1. The van der Waals surface area contributed by atoms with Gasteiger partial charge in [0.15, 0.2) is 5.96 Å². The Balaban J connectivity index is 1.51. The Labute approximate surface area is 166 Å². The summed E-state index contributed by atoms with van der Waals surface area (Å²) in [6.07, 6.45) is 1.59. The molecule has 0 spiro atoms. The van der Waals surface area contributed by atoms with E-state index in [1.54, 1.807) is 14.2 Å². The van der Waals surface area contributed by atoms with Gasteiger partial charge in [-0.2, -0.15) is 0 Å². The molecule has 1 amide bonds. The Morgan fingerprint density at radius 3 is 2.36 bits per heavy atom. The molecule has 0 bridgehead atoms. The van der Waals surface area contributed by atoms with Gasteiger partial charge in [-0.25, -0.2) is 0 Å². The summed E-state index contributed by atoms with van der Waals surface area (Å²) < 4.78 is 5.30. The summed E-state index contributed by atoms with van der Waals surface area (Å²) in [4.78, 5) is 18.0. The lowest BCUT2D eigenvalue weighted by Gasteiger charge is -2.16. The molecule has 1 aliphatic heterocycles. The summed E-state index contributed by atoms with van der Waals surface area (Å²) in [6.45, 7) is 4.20. The first-order chi connectivity index (χ1) is 13.6. The zero-order valence-electron chi connectivity index (χ0n) is 16.8. The monoisotopic (exact) mass is 380 g/mol. The summed E-state index contributed by atoms with van der Waals surface area (Å²) in [5, 5.41) is 6.65. The van der Waals surface area contributed by atoms with Crippen LogP contribution in [0, 0.1) is 6.92 Å². The summed E-state index contributed by atoms with van der Waals surface area (Å²) in [6, 6.07) is 14.3. The minimum Gasteiger partial charge on any atom is -0.496 e. The fraction of sp³-hybridized carbons (Fsp3) is 0.364. The van der Waals surface area contributed by atoms with Gasteiger partial charge in [0.25, 0.3) is 0 Å². The zero-order valence-corrected chi connectivity index (χ0v) is 16.8. The Hall–Kier alpha value is -3.02. The highest BCUT2D eigenvalue weighted by molar-refractivity contribution is 5.95. The third-order valence-electron chi connectivity index (χ3n) is 4.92. The number of amides is 1. The lowest BCUT2D eigenvalue weighted by molar-refractivity contribution is -0.117. The fourth-order valence-corrected chi connectivity index (χ4v) is 3.36. The molecule has 1 fully saturated rings. The molecule has 1 heterocycles. The largest absolute Gasteiger partial charge is 0.496 e. The maximum absolute atomic E-state index is 11.8. The molecule has 2 N–H and O–H groups in total. The van der Waals surface area contributed by atoms with Crippen LogP contribution in [0.4, 0.5) is 5.69 Å². The van der Waals surface area contributed by atoms with E-state index in [4.69, 9.17) is 4.74 Å². The molecule has 0 saturated carbocycles. The molecule has 6 nitrogen and oxygen atoms in total. The van der Waals surface area contributed by atoms with Gasteiger partial charge < -0.3 is 20.3 Å². The third-order valence-corrected chi connectivity index (χ3v) is 4.92. The lowest BCUT2D eigenvalue weighted by Crippen LogP contribution is -2.36. The molecule has 1 saturated heterocycles. The van der Waals surface area contributed by atoms with Gasteiger partial charge in [-0.15, -0.1) is 0 Å². The quantitative estimate of drug-likeness (QED) is 0.597. The standard InChI is InChI=1S/C22H28N4O2/c1-16-13-18(8-11-20(16)28-3)15-25-22(23-2)24-14-17-6-9-19(10-7-17)26-12-4-5-21(26)27/h6-11,13H,4-5,12,14-15H2,1-3H3,(H2,23,24,25). The van der Waals surface area contributed by atoms with E-state index >= 15 is 0 Å². The summed E-state index contributed by atoms with van der Waals surface area (Å²) in [5.74, 6) is 1.85. The molecule has 28 heavy (non-hydrogen) atoms. The highest BCUT2D eigenvalue weighted by atomic mass is 16.5. The molecule has 2 aromatic carbocycles. The molecule has 2 aromatic rings. The van der Waals surface area contributed by atoms with Gasteiger partial charge in [0.2, 0.25) is 5.91 Å². The number of hydrogen-bond donors (Lipinski definition) is 2. The maximum Gasteiger partial charge on any atom is 0.227 e. The first kappa shape index (κ1) is 19.7. The number of carbonyl (C=O) groups excluding carboxylic acids is 1. The summed E-state index contributed by atoms with van der Waals surface area (Å²) in [7, 11) is 3.44. The van der Waals surface area contributed by atoms with E-state index in [2.05, 4.69) is 21.7 Å². The maximum atomic E-state index is 11.8. The van der Waals surface area contributed by atoms with Crippen molar-refractivity contribution in [1.29, 1.82) is 0 Å². The highest BCUT2D eigenvalue weighted by Gasteiger charge is 2.21. The number of hydrogen-bond acceptors (Lipinski definition) is 3. The highest BCUT2D eigenvalue weighted by Crippen LogP contribution is 2.21. The summed E-state index contributed by atoms with van der Waals surface area (Å²) >= 11 is 0. The molecular weight excluding hydrogens is 352 g/mol.